The predicted molar refractivity (Wildman–Crippen MR) is 97.6 cm³/mol. The third kappa shape index (κ3) is 4.13. The van der Waals surface area contributed by atoms with E-state index in [-0.39, 0.29) is 11.5 Å². The molecule has 1 amide bonds. The van der Waals surface area contributed by atoms with Crippen LogP contribution in [-0.2, 0) is 13.1 Å². The SMILES string of the molecule is Cc1cccc(C(=O)N(Cc2ccccc2)Cc2ccccc2)c1F. The maximum absolute atomic E-state index is 14.4. The Morgan fingerprint density at radius 1 is 0.800 bits per heavy atom. The van der Waals surface area contributed by atoms with E-state index in [0.29, 0.717) is 18.7 Å². The molecule has 0 atom stereocenters. The highest BCUT2D eigenvalue weighted by Crippen LogP contribution is 2.18. The molecule has 0 aromatic heterocycles. The molecule has 3 aromatic rings. The number of halogens is 1. The van der Waals surface area contributed by atoms with Crippen molar-refractivity contribution in [3.05, 3.63) is 107 Å². The average molecular weight is 333 g/mol. The van der Waals surface area contributed by atoms with Crippen molar-refractivity contribution in [1.29, 1.82) is 0 Å². The second-order valence-electron chi connectivity index (χ2n) is 6.07. The first-order chi connectivity index (χ1) is 12.1. The van der Waals surface area contributed by atoms with E-state index in [0.717, 1.165) is 11.1 Å². The molecule has 126 valence electrons. The zero-order valence-corrected chi connectivity index (χ0v) is 14.2. The van der Waals surface area contributed by atoms with Gasteiger partial charge in [0.2, 0.25) is 0 Å². The van der Waals surface area contributed by atoms with E-state index >= 15 is 0 Å². The lowest BCUT2D eigenvalue weighted by Gasteiger charge is -2.23. The molecule has 0 unspecified atom stereocenters. The summed E-state index contributed by atoms with van der Waals surface area (Å²) >= 11 is 0. The Balaban J connectivity index is 1.92. The van der Waals surface area contributed by atoms with E-state index in [1.54, 1.807) is 30.0 Å². The molecule has 0 fully saturated rings. The van der Waals surface area contributed by atoms with Crippen molar-refractivity contribution in [1.82, 2.24) is 4.90 Å². The van der Waals surface area contributed by atoms with Gasteiger partial charge < -0.3 is 4.90 Å². The van der Waals surface area contributed by atoms with Gasteiger partial charge in [-0.1, -0.05) is 72.8 Å². The fraction of sp³-hybridized carbons (Fsp3) is 0.136. The molecular formula is C22H20FNO. The van der Waals surface area contributed by atoms with Crippen molar-refractivity contribution in [3.63, 3.8) is 0 Å². The zero-order valence-electron chi connectivity index (χ0n) is 14.2. The minimum atomic E-state index is -0.446. The molecule has 25 heavy (non-hydrogen) atoms. The maximum atomic E-state index is 14.4. The number of aryl methyl sites for hydroxylation is 1. The molecule has 3 rings (SSSR count). The van der Waals surface area contributed by atoms with Crippen LogP contribution in [0.25, 0.3) is 0 Å². The molecule has 0 radical (unpaired) electrons. The summed E-state index contributed by atoms with van der Waals surface area (Å²) in [6, 6.07) is 24.4. The summed E-state index contributed by atoms with van der Waals surface area (Å²) in [6.07, 6.45) is 0. The van der Waals surface area contributed by atoms with Crippen molar-refractivity contribution in [2.45, 2.75) is 20.0 Å². The van der Waals surface area contributed by atoms with E-state index < -0.39 is 5.82 Å². The summed E-state index contributed by atoms with van der Waals surface area (Å²) in [5.74, 6) is -0.743. The molecule has 3 aromatic carbocycles. The number of carbonyl (C=O) groups is 1. The van der Waals surface area contributed by atoms with Crippen LogP contribution in [0.2, 0.25) is 0 Å². The molecule has 0 aliphatic rings. The number of amides is 1. The maximum Gasteiger partial charge on any atom is 0.257 e. The fourth-order valence-electron chi connectivity index (χ4n) is 2.79. The van der Waals surface area contributed by atoms with Crippen LogP contribution in [0.1, 0.15) is 27.0 Å². The van der Waals surface area contributed by atoms with Gasteiger partial charge in [0.15, 0.2) is 0 Å². The second kappa shape index (κ2) is 7.75. The van der Waals surface area contributed by atoms with Gasteiger partial charge in [-0.05, 0) is 29.7 Å². The first kappa shape index (κ1) is 16.9. The molecule has 0 heterocycles. The van der Waals surface area contributed by atoms with Crippen LogP contribution in [0.4, 0.5) is 4.39 Å². The van der Waals surface area contributed by atoms with E-state index in [2.05, 4.69) is 0 Å². The predicted octanol–water partition coefficient (Wildman–Crippen LogP) is 4.98. The smallest absolute Gasteiger partial charge is 0.257 e. The molecule has 0 aliphatic heterocycles. The summed E-state index contributed by atoms with van der Waals surface area (Å²) < 4.78 is 14.4. The molecule has 0 bridgehead atoms. The first-order valence-electron chi connectivity index (χ1n) is 8.27. The standard InChI is InChI=1S/C22H20FNO/c1-17-9-8-14-20(21(17)23)22(25)24(15-18-10-4-2-5-11-18)16-19-12-6-3-7-13-19/h2-14H,15-16H2,1H3. The molecule has 2 nitrogen and oxygen atoms in total. The van der Waals surface area contributed by atoms with Gasteiger partial charge in [-0.2, -0.15) is 0 Å². The lowest BCUT2D eigenvalue weighted by atomic mass is 10.1. The van der Waals surface area contributed by atoms with Crippen molar-refractivity contribution in [2.24, 2.45) is 0 Å². The Morgan fingerprint density at radius 3 is 1.84 bits per heavy atom. The van der Waals surface area contributed by atoms with Crippen molar-refractivity contribution in [3.8, 4) is 0 Å². The Bertz CT molecular complexity index is 805. The summed E-state index contributed by atoms with van der Waals surface area (Å²) in [7, 11) is 0. The summed E-state index contributed by atoms with van der Waals surface area (Å²) in [5.41, 5.74) is 2.62. The van der Waals surface area contributed by atoms with E-state index in [4.69, 9.17) is 0 Å². The van der Waals surface area contributed by atoms with Crippen LogP contribution in [0.3, 0.4) is 0 Å². The van der Waals surface area contributed by atoms with E-state index in [9.17, 15) is 9.18 Å². The first-order valence-corrected chi connectivity index (χ1v) is 8.27. The quantitative estimate of drug-likeness (QED) is 0.645. The number of carbonyl (C=O) groups excluding carboxylic acids is 1. The van der Waals surface area contributed by atoms with Gasteiger partial charge in [-0.3, -0.25) is 4.79 Å². The van der Waals surface area contributed by atoms with Gasteiger partial charge in [0.1, 0.15) is 5.82 Å². The number of rotatable bonds is 5. The van der Waals surface area contributed by atoms with Gasteiger partial charge in [0.25, 0.3) is 5.91 Å². The van der Waals surface area contributed by atoms with E-state index in [1.165, 1.54) is 0 Å². The topological polar surface area (TPSA) is 20.3 Å². The van der Waals surface area contributed by atoms with Crippen LogP contribution < -0.4 is 0 Å². The number of hydrogen-bond acceptors (Lipinski definition) is 1. The second-order valence-corrected chi connectivity index (χ2v) is 6.07. The van der Waals surface area contributed by atoms with Gasteiger partial charge in [-0.25, -0.2) is 4.39 Å². The highest BCUT2D eigenvalue weighted by atomic mass is 19.1. The van der Waals surface area contributed by atoms with Gasteiger partial charge >= 0.3 is 0 Å². The largest absolute Gasteiger partial charge is 0.330 e. The van der Waals surface area contributed by atoms with Crippen LogP contribution in [-0.4, -0.2) is 10.8 Å². The normalized spacial score (nSPS) is 10.5. The molecule has 0 saturated heterocycles. The molecule has 0 aliphatic carbocycles. The lowest BCUT2D eigenvalue weighted by molar-refractivity contribution is 0.0725. The Labute approximate surface area is 147 Å². The Hall–Kier alpha value is -2.94. The van der Waals surface area contributed by atoms with Gasteiger partial charge in [0.05, 0.1) is 5.56 Å². The third-order valence-corrected chi connectivity index (χ3v) is 4.14. The molecule has 0 saturated carbocycles. The average Bonchev–Trinajstić information content (AvgIpc) is 2.65. The van der Waals surface area contributed by atoms with Crippen molar-refractivity contribution >= 4 is 5.91 Å². The monoisotopic (exact) mass is 333 g/mol. The Morgan fingerprint density at radius 2 is 1.32 bits per heavy atom. The molecular weight excluding hydrogens is 313 g/mol. The number of benzene rings is 3. The van der Waals surface area contributed by atoms with Crippen molar-refractivity contribution < 1.29 is 9.18 Å². The van der Waals surface area contributed by atoms with Gasteiger partial charge in [-0.15, -0.1) is 0 Å². The zero-order chi connectivity index (χ0) is 17.6. The molecule has 3 heteroatoms. The van der Waals surface area contributed by atoms with Crippen LogP contribution in [0.5, 0.6) is 0 Å². The van der Waals surface area contributed by atoms with Crippen LogP contribution in [0.15, 0.2) is 78.9 Å². The summed E-state index contributed by atoms with van der Waals surface area (Å²) in [6.45, 7) is 2.54. The lowest BCUT2D eigenvalue weighted by Crippen LogP contribution is -2.31. The third-order valence-electron chi connectivity index (χ3n) is 4.14. The number of nitrogens with zero attached hydrogens (tertiary/aromatic N) is 1. The summed E-state index contributed by atoms with van der Waals surface area (Å²) in [4.78, 5) is 14.7. The fourth-order valence-corrected chi connectivity index (χ4v) is 2.79. The highest BCUT2D eigenvalue weighted by molar-refractivity contribution is 5.94. The van der Waals surface area contributed by atoms with Gasteiger partial charge in [0, 0.05) is 13.1 Å². The number of hydrogen-bond donors (Lipinski definition) is 0. The van der Waals surface area contributed by atoms with Crippen LogP contribution >= 0.6 is 0 Å². The minimum absolute atomic E-state index is 0.117. The van der Waals surface area contributed by atoms with Crippen LogP contribution in [0, 0.1) is 12.7 Å². The van der Waals surface area contributed by atoms with E-state index in [1.807, 2.05) is 60.7 Å². The minimum Gasteiger partial charge on any atom is -0.330 e. The molecule has 0 N–H and O–H groups in total. The van der Waals surface area contributed by atoms with Crippen molar-refractivity contribution in [2.75, 3.05) is 0 Å². The Kier molecular flexibility index (Phi) is 5.24. The summed E-state index contributed by atoms with van der Waals surface area (Å²) in [5, 5.41) is 0. The molecule has 0 spiro atoms. The highest BCUT2D eigenvalue weighted by Gasteiger charge is 2.20.